The summed E-state index contributed by atoms with van der Waals surface area (Å²) in [6, 6.07) is 27.9. The highest BCUT2D eigenvalue weighted by molar-refractivity contribution is 5.90. The number of rotatable bonds is 8. The van der Waals surface area contributed by atoms with E-state index in [0.717, 1.165) is 37.2 Å². The lowest BCUT2D eigenvalue weighted by molar-refractivity contribution is 0.0962. The molecule has 1 unspecified atom stereocenters. The van der Waals surface area contributed by atoms with Gasteiger partial charge in [0.05, 0.1) is 12.4 Å². The standard InChI is InChI=1S/C30H32N4O2/c1-21-17-29(30(31)36)32-34(21)27-14-8-23(9-15-27)18-22-4-10-25(11-5-22)26-12-6-24(7-13-26)19-28-3-2-16-33(28)20-35/h4-15,17,28,35H,2-3,16,18-20H2,1H3,(H2,31,36). The van der Waals surface area contributed by atoms with Crippen molar-refractivity contribution in [2.45, 2.75) is 38.6 Å². The lowest BCUT2D eigenvalue weighted by Crippen LogP contribution is -2.31. The van der Waals surface area contributed by atoms with Crippen LogP contribution < -0.4 is 5.73 Å². The van der Waals surface area contributed by atoms with E-state index in [0.29, 0.717) is 6.04 Å². The first-order valence-corrected chi connectivity index (χ1v) is 12.5. The first-order chi connectivity index (χ1) is 17.5. The number of nitrogens with two attached hydrogens (primary N) is 1. The number of carbonyl (C=O) groups excluding carboxylic acids is 1. The van der Waals surface area contributed by atoms with Gasteiger partial charge in [-0.15, -0.1) is 0 Å². The summed E-state index contributed by atoms with van der Waals surface area (Å²) in [6.07, 6.45) is 4.16. The molecule has 3 aromatic carbocycles. The van der Waals surface area contributed by atoms with Gasteiger partial charge in [0.2, 0.25) is 0 Å². The highest BCUT2D eigenvalue weighted by Crippen LogP contribution is 2.25. The molecule has 0 aliphatic carbocycles. The molecule has 1 aliphatic rings. The van der Waals surface area contributed by atoms with Crippen LogP contribution in [0.5, 0.6) is 0 Å². The number of aryl methyl sites for hydroxylation is 1. The van der Waals surface area contributed by atoms with Crippen molar-refractivity contribution < 1.29 is 9.90 Å². The van der Waals surface area contributed by atoms with E-state index in [1.54, 1.807) is 10.7 Å². The molecule has 36 heavy (non-hydrogen) atoms. The van der Waals surface area contributed by atoms with E-state index in [2.05, 4.69) is 70.7 Å². The normalized spacial score (nSPS) is 15.9. The number of hydrogen-bond donors (Lipinski definition) is 2. The molecule has 0 spiro atoms. The number of likely N-dealkylation sites (tertiary alicyclic amines) is 1. The molecule has 0 radical (unpaired) electrons. The molecule has 184 valence electrons. The summed E-state index contributed by atoms with van der Waals surface area (Å²) in [4.78, 5) is 13.6. The monoisotopic (exact) mass is 480 g/mol. The number of aromatic nitrogens is 2. The largest absolute Gasteiger partial charge is 0.381 e. The zero-order valence-electron chi connectivity index (χ0n) is 20.6. The van der Waals surface area contributed by atoms with Crippen molar-refractivity contribution in [3.8, 4) is 16.8 Å². The Labute approximate surface area is 212 Å². The summed E-state index contributed by atoms with van der Waals surface area (Å²) in [5.41, 5.74) is 13.6. The summed E-state index contributed by atoms with van der Waals surface area (Å²) in [6.45, 7) is 3.06. The Balaban J connectivity index is 1.22. The van der Waals surface area contributed by atoms with E-state index < -0.39 is 5.91 Å². The van der Waals surface area contributed by atoms with Gasteiger partial charge < -0.3 is 10.8 Å². The average molecular weight is 481 g/mol. The SMILES string of the molecule is Cc1cc(C(N)=O)nn1-c1ccc(Cc2ccc(-c3ccc(CC4CCCN4CO)cc3)cc2)cc1. The summed E-state index contributed by atoms with van der Waals surface area (Å²) < 4.78 is 1.74. The van der Waals surface area contributed by atoms with Crippen LogP contribution in [0.25, 0.3) is 16.8 Å². The smallest absolute Gasteiger partial charge is 0.269 e. The Morgan fingerprint density at radius 3 is 2.08 bits per heavy atom. The number of aliphatic hydroxyl groups excluding tert-OH is 1. The maximum atomic E-state index is 11.4. The van der Waals surface area contributed by atoms with Gasteiger partial charge in [-0.3, -0.25) is 9.69 Å². The quantitative estimate of drug-likeness (QED) is 0.389. The van der Waals surface area contributed by atoms with Gasteiger partial charge in [0.25, 0.3) is 5.91 Å². The van der Waals surface area contributed by atoms with Crippen molar-refractivity contribution >= 4 is 5.91 Å². The number of primary amides is 1. The maximum Gasteiger partial charge on any atom is 0.269 e. The fraction of sp³-hybridized carbons (Fsp3) is 0.267. The molecule has 1 aliphatic heterocycles. The van der Waals surface area contributed by atoms with Crippen LogP contribution in [0.3, 0.4) is 0 Å². The molecule has 1 fully saturated rings. The van der Waals surface area contributed by atoms with E-state index in [4.69, 9.17) is 5.73 Å². The lowest BCUT2D eigenvalue weighted by Gasteiger charge is -2.21. The Morgan fingerprint density at radius 2 is 1.53 bits per heavy atom. The number of carbonyl (C=O) groups is 1. The summed E-state index contributed by atoms with van der Waals surface area (Å²) >= 11 is 0. The van der Waals surface area contributed by atoms with Gasteiger partial charge in [-0.25, -0.2) is 4.68 Å². The fourth-order valence-corrected chi connectivity index (χ4v) is 5.08. The Morgan fingerprint density at radius 1 is 0.944 bits per heavy atom. The van der Waals surface area contributed by atoms with Gasteiger partial charge in [-0.05, 0) is 78.6 Å². The zero-order chi connectivity index (χ0) is 25.1. The van der Waals surface area contributed by atoms with Crippen LogP contribution in [0.4, 0.5) is 0 Å². The minimum absolute atomic E-state index is 0.154. The summed E-state index contributed by atoms with van der Waals surface area (Å²) in [7, 11) is 0. The molecular formula is C30H32N4O2. The third kappa shape index (κ3) is 5.25. The predicted molar refractivity (Wildman–Crippen MR) is 142 cm³/mol. The highest BCUT2D eigenvalue weighted by atomic mass is 16.3. The highest BCUT2D eigenvalue weighted by Gasteiger charge is 2.23. The predicted octanol–water partition coefficient (Wildman–Crippen LogP) is 4.49. The molecule has 2 heterocycles. The molecule has 1 atom stereocenters. The molecule has 1 aromatic heterocycles. The third-order valence-electron chi connectivity index (χ3n) is 7.12. The van der Waals surface area contributed by atoms with Gasteiger partial charge in [0.1, 0.15) is 0 Å². The Hall–Kier alpha value is -3.74. The zero-order valence-corrected chi connectivity index (χ0v) is 20.6. The molecule has 1 saturated heterocycles. The third-order valence-corrected chi connectivity index (χ3v) is 7.12. The topological polar surface area (TPSA) is 84.4 Å². The number of benzene rings is 3. The summed E-state index contributed by atoms with van der Waals surface area (Å²) in [5, 5.41) is 13.8. The summed E-state index contributed by atoms with van der Waals surface area (Å²) in [5.74, 6) is -0.522. The second kappa shape index (κ2) is 10.5. The van der Waals surface area contributed by atoms with Crippen LogP contribution in [-0.2, 0) is 12.8 Å². The molecule has 6 nitrogen and oxygen atoms in total. The molecule has 4 aromatic rings. The molecule has 0 bridgehead atoms. The van der Waals surface area contributed by atoms with Gasteiger partial charge in [0, 0.05) is 18.3 Å². The lowest BCUT2D eigenvalue weighted by atomic mass is 9.98. The van der Waals surface area contributed by atoms with Crippen molar-refractivity contribution in [3.63, 3.8) is 0 Å². The maximum absolute atomic E-state index is 11.4. The van der Waals surface area contributed by atoms with Crippen molar-refractivity contribution in [1.29, 1.82) is 0 Å². The average Bonchev–Trinajstić information content (AvgIpc) is 3.52. The van der Waals surface area contributed by atoms with Crippen molar-refractivity contribution in [2.24, 2.45) is 5.73 Å². The van der Waals surface area contributed by atoms with Crippen LogP contribution in [0.2, 0.25) is 0 Å². The van der Waals surface area contributed by atoms with Gasteiger partial charge >= 0.3 is 0 Å². The Kier molecular flexibility index (Phi) is 6.98. The van der Waals surface area contributed by atoms with Crippen molar-refractivity contribution in [1.82, 2.24) is 14.7 Å². The fourth-order valence-electron chi connectivity index (χ4n) is 5.08. The molecular weight excluding hydrogens is 448 g/mol. The van der Waals surface area contributed by atoms with Gasteiger partial charge in [-0.2, -0.15) is 5.10 Å². The molecule has 0 saturated carbocycles. The minimum atomic E-state index is -0.522. The van der Waals surface area contributed by atoms with E-state index in [-0.39, 0.29) is 12.4 Å². The van der Waals surface area contributed by atoms with Crippen LogP contribution in [-0.4, -0.2) is 45.0 Å². The molecule has 6 heteroatoms. The van der Waals surface area contributed by atoms with E-state index in [9.17, 15) is 9.90 Å². The van der Waals surface area contributed by atoms with Crippen LogP contribution in [0, 0.1) is 6.92 Å². The van der Waals surface area contributed by atoms with E-state index in [1.807, 2.05) is 19.1 Å². The number of nitrogens with zero attached hydrogens (tertiary/aromatic N) is 3. The minimum Gasteiger partial charge on any atom is -0.381 e. The van der Waals surface area contributed by atoms with Gasteiger partial charge in [-0.1, -0.05) is 60.7 Å². The first-order valence-electron chi connectivity index (χ1n) is 12.5. The number of amides is 1. The first kappa shape index (κ1) is 24.0. The van der Waals surface area contributed by atoms with E-state index in [1.165, 1.54) is 34.2 Å². The molecule has 5 rings (SSSR count). The van der Waals surface area contributed by atoms with Crippen molar-refractivity contribution in [2.75, 3.05) is 13.3 Å². The van der Waals surface area contributed by atoms with Crippen LogP contribution >= 0.6 is 0 Å². The molecule has 3 N–H and O–H groups in total. The molecule has 1 amide bonds. The van der Waals surface area contributed by atoms with Gasteiger partial charge in [0.15, 0.2) is 5.69 Å². The second-order valence-corrected chi connectivity index (χ2v) is 9.64. The van der Waals surface area contributed by atoms with Crippen molar-refractivity contribution in [3.05, 3.63) is 107 Å². The van der Waals surface area contributed by atoms with E-state index >= 15 is 0 Å². The second-order valence-electron chi connectivity index (χ2n) is 9.64. The Bertz CT molecular complexity index is 1330. The van der Waals surface area contributed by atoms with Crippen LogP contribution in [0.15, 0.2) is 78.9 Å². The number of aliphatic hydroxyl groups is 1. The number of hydrogen-bond acceptors (Lipinski definition) is 4. The van der Waals surface area contributed by atoms with Crippen LogP contribution in [0.1, 0.15) is 45.7 Å².